The zero-order valence-electron chi connectivity index (χ0n) is 19.1. The van der Waals surface area contributed by atoms with E-state index in [4.69, 9.17) is 16.6 Å². The molecule has 2 nitrogen and oxygen atoms in total. The van der Waals surface area contributed by atoms with Crippen molar-refractivity contribution >= 4 is 60.8 Å². The minimum absolute atomic E-state index is 0.305. The minimum Gasteiger partial charge on any atom is -0.241 e. The van der Waals surface area contributed by atoms with Crippen molar-refractivity contribution in [1.82, 2.24) is 4.98 Å². The summed E-state index contributed by atoms with van der Waals surface area (Å²) >= 11 is 10.6. The smallest absolute Gasteiger partial charge is 0.241 e. The molecule has 0 amide bonds. The largest absolute Gasteiger partial charge is 0.262 e. The lowest BCUT2D eigenvalue weighted by Crippen LogP contribution is -2.33. The van der Waals surface area contributed by atoms with Gasteiger partial charge in [0.2, 0.25) is 5.52 Å². The third kappa shape index (κ3) is 4.57. The molecule has 0 aliphatic heterocycles. The van der Waals surface area contributed by atoms with Crippen LogP contribution in [0.4, 0.5) is 0 Å². The Balaban J connectivity index is 1.45. The van der Waals surface area contributed by atoms with Crippen molar-refractivity contribution in [2.75, 3.05) is 0 Å². The van der Waals surface area contributed by atoms with E-state index in [9.17, 15) is 0 Å². The molecule has 0 radical (unpaired) electrons. The van der Waals surface area contributed by atoms with Crippen molar-refractivity contribution in [3.63, 3.8) is 0 Å². The summed E-state index contributed by atoms with van der Waals surface area (Å²) in [5, 5.41) is 3.39. The molecule has 2 heterocycles. The van der Waals surface area contributed by atoms with Gasteiger partial charge < -0.3 is 0 Å². The van der Waals surface area contributed by atoms with Crippen LogP contribution in [0.1, 0.15) is 55.5 Å². The number of nitrogens with zero attached hydrogens (tertiary/aromatic N) is 2. The molecule has 33 heavy (non-hydrogen) atoms. The Bertz CT molecular complexity index is 1360. The Kier molecular flexibility index (Phi) is 6.77. The molecule has 0 spiro atoms. The second-order valence-electron chi connectivity index (χ2n) is 8.40. The number of hydrogen-bond acceptors (Lipinski definition) is 3. The summed E-state index contributed by atoms with van der Waals surface area (Å²) in [6, 6.07) is 17.0. The molecule has 4 aromatic rings. The van der Waals surface area contributed by atoms with Crippen LogP contribution in [0.2, 0.25) is 0 Å². The normalized spacial score (nSPS) is 17.1. The van der Waals surface area contributed by atoms with E-state index in [-0.39, 0.29) is 0 Å². The van der Waals surface area contributed by atoms with Crippen LogP contribution in [-0.2, 0) is 6.54 Å². The van der Waals surface area contributed by atoms with Gasteiger partial charge in [-0.05, 0) is 62.0 Å². The van der Waals surface area contributed by atoms with E-state index < -0.39 is 0 Å². The number of benzene rings is 2. The molecule has 1 unspecified atom stereocenters. The van der Waals surface area contributed by atoms with Gasteiger partial charge >= 0.3 is 0 Å². The molecule has 5 rings (SSSR count). The van der Waals surface area contributed by atoms with Crippen LogP contribution in [0.5, 0.6) is 0 Å². The number of hydrogen-bond donors (Lipinski definition) is 0. The Hall–Kier alpha value is -2.27. The first-order valence-electron chi connectivity index (χ1n) is 11.7. The number of thiazole rings is 2. The van der Waals surface area contributed by atoms with Gasteiger partial charge in [-0.3, -0.25) is 0 Å². The van der Waals surface area contributed by atoms with E-state index in [0.29, 0.717) is 5.92 Å². The Labute approximate surface area is 208 Å². The van der Waals surface area contributed by atoms with Gasteiger partial charge in [0.15, 0.2) is 0 Å². The Morgan fingerprint density at radius 1 is 1.00 bits per heavy atom. The summed E-state index contributed by atoms with van der Waals surface area (Å²) in [4.78, 5) is 4.91. The molecule has 1 aliphatic carbocycles. The average Bonchev–Trinajstić information content (AvgIpc) is 3.43. The number of allylic oxidation sites excluding steroid dienone is 5. The number of rotatable bonds is 6. The highest BCUT2D eigenvalue weighted by atomic mass is 35.5. The molecule has 0 bridgehead atoms. The van der Waals surface area contributed by atoms with Gasteiger partial charge in [0.1, 0.15) is 16.3 Å². The highest BCUT2D eigenvalue weighted by molar-refractivity contribution is 7.19. The topological polar surface area (TPSA) is 16.8 Å². The van der Waals surface area contributed by atoms with Crippen molar-refractivity contribution in [3.8, 4) is 0 Å². The lowest BCUT2D eigenvalue weighted by Gasteiger charge is -2.19. The SMILES string of the molecule is CCC(C=C1CCCC(C=Cc2sc3ccccc3[n+]2CC)=C1Cl)c1nc2ccccc2s1. The molecule has 1 atom stereocenters. The van der Waals surface area contributed by atoms with Crippen LogP contribution in [0.25, 0.3) is 26.5 Å². The van der Waals surface area contributed by atoms with E-state index >= 15 is 0 Å². The van der Waals surface area contributed by atoms with Gasteiger partial charge in [-0.2, -0.15) is 4.57 Å². The maximum atomic E-state index is 6.97. The highest BCUT2D eigenvalue weighted by Gasteiger charge is 2.20. The van der Waals surface area contributed by atoms with Gasteiger partial charge in [-0.15, -0.1) is 11.3 Å². The average molecular weight is 492 g/mol. The molecule has 5 heteroatoms. The second-order valence-corrected chi connectivity index (χ2v) is 10.9. The third-order valence-corrected chi connectivity index (χ3v) is 9.09. The molecule has 2 aromatic carbocycles. The van der Waals surface area contributed by atoms with Crippen molar-refractivity contribution < 1.29 is 4.57 Å². The van der Waals surface area contributed by atoms with E-state index in [1.807, 2.05) is 11.3 Å². The summed E-state index contributed by atoms with van der Waals surface area (Å²) in [7, 11) is 0. The Morgan fingerprint density at radius 3 is 2.58 bits per heavy atom. The van der Waals surface area contributed by atoms with E-state index in [1.165, 1.54) is 36.1 Å². The van der Waals surface area contributed by atoms with Crippen molar-refractivity contribution in [2.45, 2.75) is 52.0 Å². The van der Waals surface area contributed by atoms with Gasteiger partial charge in [0, 0.05) is 23.1 Å². The summed E-state index contributed by atoms with van der Waals surface area (Å²) in [5.41, 5.74) is 4.91. The predicted octanol–water partition coefficient (Wildman–Crippen LogP) is 8.63. The van der Waals surface area contributed by atoms with Crippen LogP contribution >= 0.6 is 34.3 Å². The molecule has 2 aromatic heterocycles. The molecule has 168 valence electrons. The standard InChI is InChI=1S/C28H28ClN2S2/c1-3-19(28-30-22-12-5-7-14-24(22)33-28)18-21-11-9-10-20(27(21)29)16-17-26-31(4-2)23-13-6-8-15-25(23)32-26/h5-8,12-19H,3-4,9-11H2,1-2H3/q+1. The summed E-state index contributed by atoms with van der Waals surface area (Å²) in [6.07, 6.45) is 11.1. The van der Waals surface area contributed by atoms with Crippen LogP contribution in [0.3, 0.4) is 0 Å². The first-order valence-corrected chi connectivity index (χ1v) is 13.7. The summed E-state index contributed by atoms with van der Waals surface area (Å²) < 4.78 is 4.96. The van der Waals surface area contributed by atoms with Crippen LogP contribution in [-0.4, -0.2) is 4.98 Å². The number of aryl methyl sites for hydroxylation is 1. The first kappa shape index (κ1) is 22.5. The summed E-state index contributed by atoms with van der Waals surface area (Å²) in [6.45, 7) is 5.40. The van der Waals surface area contributed by atoms with Crippen LogP contribution < -0.4 is 4.57 Å². The number of halogens is 1. The van der Waals surface area contributed by atoms with Gasteiger partial charge in [-0.25, -0.2) is 4.98 Å². The van der Waals surface area contributed by atoms with E-state index in [0.717, 1.165) is 42.8 Å². The van der Waals surface area contributed by atoms with E-state index in [1.54, 1.807) is 11.3 Å². The third-order valence-electron chi connectivity index (χ3n) is 6.31. The molecule has 0 N–H and O–H groups in total. The van der Waals surface area contributed by atoms with Crippen LogP contribution in [0.15, 0.2) is 76.9 Å². The fourth-order valence-electron chi connectivity index (χ4n) is 4.54. The van der Waals surface area contributed by atoms with Crippen molar-refractivity contribution in [2.24, 2.45) is 0 Å². The molecule has 1 aliphatic rings. The number of para-hydroxylation sites is 2. The van der Waals surface area contributed by atoms with Crippen molar-refractivity contribution in [3.05, 3.63) is 86.9 Å². The van der Waals surface area contributed by atoms with Gasteiger partial charge in [0.25, 0.3) is 5.01 Å². The fraction of sp³-hybridized carbons (Fsp3) is 0.286. The van der Waals surface area contributed by atoms with Gasteiger partial charge in [0.05, 0.1) is 10.2 Å². The molecular weight excluding hydrogens is 464 g/mol. The Morgan fingerprint density at radius 2 is 1.79 bits per heavy atom. The monoisotopic (exact) mass is 491 g/mol. The molecule has 0 saturated heterocycles. The first-order chi connectivity index (χ1) is 16.2. The van der Waals surface area contributed by atoms with Crippen molar-refractivity contribution in [1.29, 1.82) is 0 Å². The lowest BCUT2D eigenvalue weighted by atomic mass is 9.91. The van der Waals surface area contributed by atoms with Crippen LogP contribution in [0, 0.1) is 0 Å². The highest BCUT2D eigenvalue weighted by Crippen LogP contribution is 2.38. The molecule has 0 saturated carbocycles. The second kappa shape index (κ2) is 9.92. The lowest BCUT2D eigenvalue weighted by molar-refractivity contribution is -0.665. The maximum Gasteiger partial charge on any atom is 0.262 e. The number of aromatic nitrogens is 2. The number of fused-ring (bicyclic) bond motifs is 2. The predicted molar refractivity (Wildman–Crippen MR) is 144 cm³/mol. The molecular formula is C28H28ClN2S2+. The summed E-state index contributed by atoms with van der Waals surface area (Å²) in [5.74, 6) is 0.305. The zero-order valence-corrected chi connectivity index (χ0v) is 21.4. The fourth-order valence-corrected chi connectivity index (χ4v) is 7.10. The maximum absolute atomic E-state index is 6.97. The zero-order chi connectivity index (χ0) is 22.8. The van der Waals surface area contributed by atoms with Gasteiger partial charge in [-0.1, -0.05) is 66.3 Å². The quantitative estimate of drug-likeness (QED) is 0.246. The molecule has 0 fully saturated rings. The van der Waals surface area contributed by atoms with E-state index in [2.05, 4.69) is 85.2 Å². The minimum atomic E-state index is 0.305.